The molecule has 46 valence electrons. The van der Waals surface area contributed by atoms with Gasteiger partial charge >= 0.3 is 8.69 Å². The number of hydrogen-bond donors (Lipinski definition) is 0. The van der Waals surface area contributed by atoms with E-state index in [1.165, 1.54) is 6.92 Å². The Kier molecular flexibility index (Phi) is 4.71. The van der Waals surface area contributed by atoms with Crippen LogP contribution in [0, 0.1) is 0 Å². The van der Waals surface area contributed by atoms with Crippen molar-refractivity contribution in [3.63, 3.8) is 0 Å². The van der Waals surface area contributed by atoms with E-state index < -0.39 is 0 Å². The van der Waals surface area contributed by atoms with Crippen LogP contribution in [-0.4, -0.2) is 12.4 Å². The lowest BCUT2D eigenvalue weighted by Crippen LogP contribution is -1.93. The van der Waals surface area contributed by atoms with Crippen molar-refractivity contribution in [3.8, 4) is 0 Å². The normalized spacial score (nSPS) is 9.62. The molecule has 0 aromatic carbocycles. The maximum absolute atomic E-state index is 10.1. The average Bonchev–Trinajstić information content (AvgIpc) is 1.66. The minimum Gasteiger partial charge on any atom is -0.300 e. The van der Waals surface area contributed by atoms with Gasteiger partial charge in [0.15, 0.2) is 0 Å². The third-order valence-electron chi connectivity index (χ3n) is 0.598. The van der Waals surface area contributed by atoms with Crippen molar-refractivity contribution >= 4 is 14.5 Å². The first-order valence-electron chi connectivity index (χ1n) is 2.21. The van der Waals surface area contributed by atoms with E-state index in [1.807, 2.05) is 0 Å². The van der Waals surface area contributed by atoms with Crippen LogP contribution in [0.15, 0.2) is 0 Å². The number of Topliss-reactive ketones (excluding diaryl/α,β-unsaturated/α-hetero) is 1. The lowest BCUT2D eigenvalue weighted by atomic mass is 10.3. The zero-order valence-corrected chi connectivity index (χ0v) is 5.48. The number of carbonyl (C=O) groups is 1. The van der Waals surface area contributed by atoms with Crippen LogP contribution in [0.4, 0.5) is 0 Å². The van der Waals surface area contributed by atoms with Crippen LogP contribution < -0.4 is 0 Å². The molecule has 0 atom stereocenters. The molecule has 0 amide bonds. The van der Waals surface area contributed by atoms with Gasteiger partial charge in [-0.05, 0) is 6.92 Å². The summed E-state index contributed by atoms with van der Waals surface area (Å²) in [7, 11) is -0.352. The molecule has 0 aliphatic carbocycles. The van der Waals surface area contributed by atoms with Gasteiger partial charge < -0.3 is 0 Å². The summed E-state index contributed by atoms with van der Waals surface area (Å²) in [6.07, 6.45) is 0.342. The Hall–Kier alpha value is -0.270. The molecule has 0 heterocycles. The van der Waals surface area contributed by atoms with Gasteiger partial charge in [0.2, 0.25) is 0 Å². The molecule has 8 heavy (non-hydrogen) atoms. The standard InChI is InChI=1S/C4H7O3P/c1-4(5)2-3-7-8-6/h2-3H2,1H3. The van der Waals surface area contributed by atoms with Crippen LogP contribution in [0.3, 0.4) is 0 Å². The van der Waals surface area contributed by atoms with E-state index in [1.54, 1.807) is 0 Å². The van der Waals surface area contributed by atoms with Gasteiger partial charge in [0.05, 0.1) is 6.61 Å². The van der Waals surface area contributed by atoms with Gasteiger partial charge in [0, 0.05) is 6.42 Å². The van der Waals surface area contributed by atoms with E-state index in [9.17, 15) is 9.36 Å². The van der Waals surface area contributed by atoms with Gasteiger partial charge in [0.1, 0.15) is 5.78 Å². The topological polar surface area (TPSA) is 43.4 Å². The summed E-state index contributed by atoms with van der Waals surface area (Å²) in [4.78, 5) is 10.1. The second kappa shape index (κ2) is 4.88. The fraction of sp³-hybridized carbons (Fsp3) is 0.750. The molecule has 0 spiro atoms. The van der Waals surface area contributed by atoms with E-state index in [2.05, 4.69) is 4.52 Å². The van der Waals surface area contributed by atoms with Crippen molar-refractivity contribution in [1.29, 1.82) is 0 Å². The van der Waals surface area contributed by atoms with Crippen LogP contribution in [0.5, 0.6) is 0 Å². The quantitative estimate of drug-likeness (QED) is 0.428. The highest BCUT2D eigenvalue weighted by atomic mass is 31.1. The van der Waals surface area contributed by atoms with E-state index in [4.69, 9.17) is 0 Å². The number of ketones is 1. The molecule has 0 saturated carbocycles. The largest absolute Gasteiger partial charge is 0.327 e. The molecule has 0 radical (unpaired) electrons. The lowest BCUT2D eigenvalue weighted by molar-refractivity contribution is -0.117. The monoisotopic (exact) mass is 134 g/mol. The fourth-order valence-corrected chi connectivity index (χ4v) is 0.392. The van der Waals surface area contributed by atoms with E-state index in [-0.39, 0.29) is 21.1 Å². The number of hydrogen-bond acceptors (Lipinski definition) is 3. The van der Waals surface area contributed by atoms with Crippen molar-refractivity contribution < 1.29 is 13.9 Å². The highest BCUT2D eigenvalue weighted by molar-refractivity contribution is 7.17. The molecule has 4 heteroatoms. The average molecular weight is 134 g/mol. The predicted octanol–water partition coefficient (Wildman–Crippen LogP) is 1.19. The molecule has 0 aromatic heterocycles. The summed E-state index contributed by atoms with van der Waals surface area (Å²) >= 11 is 0. The molecule has 0 aromatic rings. The smallest absolute Gasteiger partial charge is 0.300 e. The van der Waals surface area contributed by atoms with Gasteiger partial charge in [-0.3, -0.25) is 9.32 Å². The third-order valence-corrected chi connectivity index (χ3v) is 0.886. The Morgan fingerprint density at radius 1 is 1.75 bits per heavy atom. The van der Waals surface area contributed by atoms with Crippen molar-refractivity contribution in [3.05, 3.63) is 0 Å². The van der Waals surface area contributed by atoms with Crippen molar-refractivity contribution in [2.24, 2.45) is 0 Å². The van der Waals surface area contributed by atoms with Crippen LogP contribution in [-0.2, 0) is 13.9 Å². The maximum Gasteiger partial charge on any atom is 0.327 e. The second-order valence-corrected chi connectivity index (χ2v) is 1.77. The Morgan fingerprint density at radius 2 is 2.38 bits per heavy atom. The summed E-state index contributed by atoms with van der Waals surface area (Å²) in [5, 5.41) is 0. The summed E-state index contributed by atoms with van der Waals surface area (Å²) in [5.41, 5.74) is 0. The van der Waals surface area contributed by atoms with Gasteiger partial charge in [-0.2, -0.15) is 0 Å². The summed E-state index contributed by atoms with van der Waals surface area (Å²) in [5.74, 6) is 0.0497. The van der Waals surface area contributed by atoms with Gasteiger partial charge in [-0.1, -0.05) is 0 Å². The van der Waals surface area contributed by atoms with Crippen molar-refractivity contribution in [2.45, 2.75) is 13.3 Å². The van der Waals surface area contributed by atoms with Crippen LogP contribution in [0.1, 0.15) is 13.3 Å². The first-order valence-corrected chi connectivity index (χ1v) is 2.94. The van der Waals surface area contributed by atoms with Gasteiger partial charge in [-0.25, -0.2) is 4.57 Å². The zero-order chi connectivity index (χ0) is 6.41. The molecule has 0 bridgehead atoms. The first kappa shape index (κ1) is 7.73. The lowest BCUT2D eigenvalue weighted by Gasteiger charge is -1.87. The fourth-order valence-electron chi connectivity index (χ4n) is 0.227. The number of rotatable bonds is 4. The molecular weight excluding hydrogens is 127 g/mol. The first-order chi connectivity index (χ1) is 3.77. The zero-order valence-electron chi connectivity index (χ0n) is 4.59. The van der Waals surface area contributed by atoms with E-state index in [0.29, 0.717) is 6.42 Å². The highest BCUT2D eigenvalue weighted by Crippen LogP contribution is 1.94. The molecular formula is C4H7O3P. The van der Waals surface area contributed by atoms with Crippen LogP contribution >= 0.6 is 8.69 Å². The van der Waals surface area contributed by atoms with Crippen molar-refractivity contribution in [1.82, 2.24) is 0 Å². The van der Waals surface area contributed by atoms with Gasteiger partial charge in [0.25, 0.3) is 0 Å². The maximum atomic E-state index is 10.1. The van der Waals surface area contributed by atoms with Crippen LogP contribution in [0.25, 0.3) is 0 Å². The van der Waals surface area contributed by atoms with E-state index in [0.717, 1.165) is 0 Å². The number of carbonyl (C=O) groups excluding carboxylic acids is 1. The molecule has 0 saturated heterocycles. The van der Waals surface area contributed by atoms with Gasteiger partial charge in [-0.15, -0.1) is 0 Å². The Bertz CT molecular complexity index is 91.3. The second-order valence-electron chi connectivity index (χ2n) is 1.36. The third kappa shape index (κ3) is 5.73. The van der Waals surface area contributed by atoms with Crippen LogP contribution in [0.2, 0.25) is 0 Å². The Morgan fingerprint density at radius 3 is 2.75 bits per heavy atom. The molecule has 0 rings (SSSR count). The predicted molar refractivity (Wildman–Crippen MR) is 28.9 cm³/mol. The Labute approximate surface area is 49.3 Å². The molecule has 0 N–H and O–H groups in total. The minimum absolute atomic E-state index is 0.0497. The minimum atomic E-state index is -0.352. The molecule has 0 unspecified atom stereocenters. The Balaban J connectivity index is 2.93. The SMILES string of the molecule is CC(=O)CCOP=O. The summed E-state index contributed by atoms with van der Waals surface area (Å²) < 4.78 is 13.9. The molecule has 0 aliphatic rings. The summed E-state index contributed by atoms with van der Waals surface area (Å²) in [6, 6.07) is 0. The molecule has 0 aliphatic heterocycles. The van der Waals surface area contributed by atoms with Crippen molar-refractivity contribution in [2.75, 3.05) is 6.61 Å². The molecule has 0 fully saturated rings. The molecule has 3 nitrogen and oxygen atoms in total. The highest BCUT2D eigenvalue weighted by Gasteiger charge is 1.90. The summed E-state index contributed by atoms with van der Waals surface area (Å²) in [6.45, 7) is 1.71. The van der Waals surface area contributed by atoms with E-state index >= 15 is 0 Å².